The minimum absolute atomic E-state index is 0.242. The van der Waals surface area contributed by atoms with E-state index in [0.717, 1.165) is 13.0 Å². The van der Waals surface area contributed by atoms with Crippen LogP contribution < -0.4 is 5.32 Å². The summed E-state index contributed by atoms with van der Waals surface area (Å²) in [5.74, 6) is -0.242. The molecule has 1 rings (SSSR count). The smallest absolute Gasteiger partial charge is 0.180 e. The summed E-state index contributed by atoms with van der Waals surface area (Å²) in [6, 6.07) is 8.20. The fraction of sp³-hybridized carbons (Fsp3) is 0.500. The van der Waals surface area contributed by atoms with Crippen LogP contribution in [0, 0.1) is 0 Å². The standard InChI is InChI=1S/C12H19NO3S/c1-2-8-13-9-11(14)10-17(15,16)12-6-4-3-5-7-12/h3-7,11,13-14H,2,8-10H2,1H3/t11-/m0/s1. The molecule has 0 aliphatic rings. The number of hydrogen-bond donors (Lipinski definition) is 2. The van der Waals surface area contributed by atoms with Crippen LogP contribution in [0.25, 0.3) is 0 Å². The van der Waals surface area contributed by atoms with Crippen LogP contribution in [-0.2, 0) is 9.84 Å². The summed E-state index contributed by atoms with van der Waals surface area (Å²) in [6.07, 6.45) is 0.0878. The Bertz CT molecular complexity index is 417. The fourth-order valence-corrected chi connectivity index (χ4v) is 2.87. The lowest BCUT2D eigenvalue weighted by molar-refractivity contribution is 0.194. The molecule has 1 aromatic carbocycles. The van der Waals surface area contributed by atoms with Crippen molar-refractivity contribution in [3.05, 3.63) is 30.3 Å². The highest BCUT2D eigenvalue weighted by molar-refractivity contribution is 7.91. The first-order valence-electron chi connectivity index (χ1n) is 5.73. The van der Waals surface area contributed by atoms with Gasteiger partial charge in [0.2, 0.25) is 0 Å². The molecule has 0 aliphatic heterocycles. The van der Waals surface area contributed by atoms with Crippen molar-refractivity contribution in [3.8, 4) is 0 Å². The van der Waals surface area contributed by atoms with Crippen LogP contribution >= 0.6 is 0 Å². The minimum atomic E-state index is -3.39. The van der Waals surface area contributed by atoms with Crippen LogP contribution in [0.3, 0.4) is 0 Å². The Kier molecular flexibility index (Phi) is 5.61. The molecule has 1 aromatic rings. The van der Waals surface area contributed by atoms with Crippen LogP contribution in [0.1, 0.15) is 13.3 Å². The van der Waals surface area contributed by atoms with E-state index in [1.54, 1.807) is 30.3 Å². The van der Waals surface area contributed by atoms with Crippen LogP contribution in [0.2, 0.25) is 0 Å². The first-order valence-corrected chi connectivity index (χ1v) is 7.38. The molecule has 1 atom stereocenters. The average molecular weight is 257 g/mol. The maximum atomic E-state index is 11.9. The van der Waals surface area contributed by atoms with Gasteiger partial charge in [-0.3, -0.25) is 0 Å². The summed E-state index contributed by atoms with van der Waals surface area (Å²) >= 11 is 0. The monoisotopic (exact) mass is 257 g/mol. The number of benzene rings is 1. The zero-order valence-corrected chi connectivity index (χ0v) is 10.8. The van der Waals surface area contributed by atoms with E-state index in [4.69, 9.17) is 0 Å². The largest absolute Gasteiger partial charge is 0.391 e. The third-order valence-electron chi connectivity index (χ3n) is 2.32. The molecule has 17 heavy (non-hydrogen) atoms. The summed E-state index contributed by atoms with van der Waals surface area (Å²) in [4.78, 5) is 0.259. The number of aliphatic hydroxyl groups is 1. The van der Waals surface area contributed by atoms with Gasteiger partial charge in [-0.05, 0) is 25.1 Å². The van der Waals surface area contributed by atoms with E-state index < -0.39 is 15.9 Å². The second-order valence-corrected chi connectivity index (χ2v) is 5.99. The van der Waals surface area contributed by atoms with Crippen LogP contribution in [0.4, 0.5) is 0 Å². The number of hydrogen-bond acceptors (Lipinski definition) is 4. The lowest BCUT2D eigenvalue weighted by Crippen LogP contribution is -2.32. The second-order valence-electron chi connectivity index (χ2n) is 3.95. The molecule has 0 amide bonds. The van der Waals surface area contributed by atoms with Crippen molar-refractivity contribution in [3.63, 3.8) is 0 Å². The molecule has 0 fully saturated rings. The molecule has 0 spiro atoms. The van der Waals surface area contributed by atoms with Crippen LogP contribution in [-0.4, -0.2) is 38.5 Å². The molecule has 0 bridgehead atoms. The third kappa shape index (κ3) is 4.85. The van der Waals surface area contributed by atoms with Gasteiger partial charge in [0.1, 0.15) is 0 Å². The minimum Gasteiger partial charge on any atom is -0.391 e. The average Bonchev–Trinajstić information content (AvgIpc) is 2.30. The van der Waals surface area contributed by atoms with Crippen molar-refractivity contribution >= 4 is 9.84 Å². The Labute approximate surface area is 103 Å². The molecule has 0 aliphatic carbocycles. The predicted octanol–water partition coefficient (Wildman–Crippen LogP) is 0.821. The number of sulfone groups is 1. The molecular weight excluding hydrogens is 238 g/mol. The van der Waals surface area contributed by atoms with Gasteiger partial charge in [0.15, 0.2) is 9.84 Å². The molecule has 0 heterocycles. The van der Waals surface area contributed by atoms with E-state index in [1.165, 1.54) is 0 Å². The number of nitrogens with one attached hydrogen (secondary N) is 1. The molecular formula is C12H19NO3S. The second kappa shape index (κ2) is 6.74. The molecule has 0 saturated heterocycles. The van der Waals surface area contributed by atoms with E-state index >= 15 is 0 Å². The van der Waals surface area contributed by atoms with Crippen molar-refractivity contribution in [1.82, 2.24) is 5.32 Å². The van der Waals surface area contributed by atoms with Gasteiger partial charge in [0.25, 0.3) is 0 Å². The summed E-state index contributed by atoms with van der Waals surface area (Å²) in [5, 5.41) is 12.6. The van der Waals surface area contributed by atoms with E-state index in [9.17, 15) is 13.5 Å². The van der Waals surface area contributed by atoms with Gasteiger partial charge in [0, 0.05) is 6.54 Å². The molecule has 5 heteroatoms. The van der Waals surface area contributed by atoms with Crippen molar-refractivity contribution in [2.45, 2.75) is 24.3 Å². The molecule has 0 radical (unpaired) electrons. The first kappa shape index (κ1) is 14.2. The third-order valence-corrected chi connectivity index (χ3v) is 4.13. The summed E-state index contributed by atoms with van der Waals surface area (Å²) in [7, 11) is -3.39. The number of rotatable bonds is 7. The zero-order chi connectivity index (χ0) is 12.7. The van der Waals surface area contributed by atoms with Gasteiger partial charge >= 0.3 is 0 Å². The lowest BCUT2D eigenvalue weighted by atomic mass is 10.4. The van der Waals surface area contributed by atoms with Crippen LogP contribution in [0.5, 0.6) is 0 Å². The SMILES string of the molecule is CCCNC[C@H](O)CS(=O)(=O)c1ccccc1. The first-order chi connectivity index (χ1) is 8.06. The molecule has 4 nitrogen and oxygen atoms in total. The molecule has 96 valence electrons. The van der Waals surface area contributed by atoms with Gasteiger partial charge in [-0.1, -0.05) is 25.1 Å². The van der Waals surface area contributed by atoms with Crippen molar-refractivity contribution in [2.75, 3.05) is 18.8 Å². The topological polar surface area (TPSA) is 66.4 Å². The highest BCUT2D eigenvalue weighted by atomic mass is 32.2. The molecule has 0 saturated carbocycles. The summed E-state index contributed by atoms with van der Waals surface area (Å²) in [5.41, 5.74) is 0. The molecule has 2 N–H and O–H groups in total. The normalized spacial score (nSPS) is 13.5. The van der Waals surface area contributed by atoms with Gasteiger partial charge in [-0.25, -0.2) is 8.42 Å². The lowest BCUT2D eigenvalue weighted by Gasteiger charge is -2.11. The van der Waals surface area contributed by atoms with E-state index in [-0.39, 0.29) is 10.6 Å². The Morgan fingerprint density at radius 1 is 1.29 bits per heavy atom. The maximum Gasteiger partial charge on any atom is 0.180 e. The van der Waals surface area contributed by atoms with Crippen LogP contribution in [0.15, 0.2) is 35.2 Å². The van der Waals surface area contributed by atoms with E-state index in [1.807, 2.05) is 6.92 Å². The van der Waals surface area contributed by atoms with E-state index in [0.29, 0.717) is 6.54 Å². The summed E-state index contributed by atoms with van der Waals surface area (Å²) < 4.78 is 23.8. The Balaban J connectivity index is 2.55. The Morgan fingerprint density at radius 2 is 1.94 bits per heavy atom. The highest BCUT2D eigenvalue weighted by Gasteiger charge is 2.18. The molecule has 0 unspecified atom stereocenters. The number of aliphatic hydroxyl groups excluding tert-OH is 1. The van der Waals surface area contributed by atoms with Gasteiger partial charge in [0.05, 0.1) is 16.8 Å². The van der Waals surface area contributed by atoms with Gasteiger partial charge < -0.3 is 10.4 Å². The van der Waals surface area contributed by atoms with Crippen molar-refractivity contribution in [1.29, 1.82) is 0 Å². The van der Waals surface area contributed by atoms with Gasteiger partial charge in [-0.15, -0.1) is 0 Å². The molecule has 0 aromatic heterocycles. The predicted molar refractivity (Wildman–Crippen MR) is 67.7 cm³/mol. The summed E-state index contributed by atoms with van der Waals surface area (Å²) in [6.45, 7) is 3.10. The quantitative estimate of drug-likeness (QED) is 0.710. The fourth-order valence-electron chi connectivity index (χ4n) is 1.48. The van der Waals surface area contributed by atoms with Gasteiger partial charge in [-0.2, -0.15) is 0 Å². The maximum absolute atomic E-state index is 11.9. The Hall–Kier alpha value is -0.910. The van der Waals surface area contributed by atoms with Crippen molar-refractivity contribution < 1.29 is 13.5 Å². The highest BCUT2D eigenvalue weighted by Crippen LogP contribution is 2.10. The van der Waals surface area contributed by atoms with E-state index in [2.05, 4.69) is 5.32 Å². The van der Waals surface area contributed by atoms with Crippen molar-refractivity contribution in [2.24, 2.45) is 0 Å². The zero-order valence-electron chi connectivity index (χ0n) is 9.96. The Morgan fingerprint density at radius 3 is 2.53 bits per heavy atom.